The number of hydrogen-bond acceptors (Lipinski definition) is 4. The molecule has 0 fully saturated rings. The highest BCUT2D eigenvalue weighted by atomic mass is 16.5. The molecule has 0 saturated carbocycles. The van der Waals surface area contributed by atoms with E-state index in [4.69, 9.17) is 9.47 Å². The smallest absolute Gasteiger partial charge is 0.336 e. The van der Waals surface area contributed by atoms with E-state index in [-0.39, 0.29) is 22.9 Å². The Morgan fingerprint density at radius 3 is 2.10 bits per heavy atom. The van der Waals surface area contributed by atoms with Gasteiger partial charge in [-0.15, -0.1) is 0 Å². The molecule has 0 aromatic heterocycles. The summed E-state index contributed by atoms with van der Waals surface area (Å²) in [6, 6.07) is 2.62. The van der Waals surface area contributed by atoms with Crippen LogP contribution in [0.25, 0.3) is 0 Å². The van der Waals surface area contributed by atoms with E-state index in [1.165, 1.54) is 26.4 Å². The number of hydrogen-bond donors (Lipinski definition) is 2. The average molecular weight is 281 g/mol. The first-order valence-electron chi connectivity index (χ1n) is 6.24. The molecule has 1 aromatic rings. The van der Waals surface area contributed by atoms with E-state index in [2.05, 4.69) is 5.32 Å². The number of aromatic carboxylic acids is 1. The summed E-state index contributed by atoms with van der Waals surface area (Å²) in [6.07, 6.45) is 0.751. The van der Waals surface area contributed by atoms with Crippen LogP contribution >= 0.6 is 0 Å². The lowest BCUT2D eigenvalue weighted by Crippen LogP contribution is -2.33. The van der Waals surface area contributed by atoms with Gasteiger partial charge in [-0.25, -0.2) is 4.79 Å². The maximum Gasteiger partial charge on any atom is 0.336 e. The first-order valence-corrected chi connectivity index (χ1v) is 6.24. The number of rotatable bonds is 6. The fourth-order valence-corrected chi connectivity index (χ4v) is 1.65. The summed E-state index contributed by atoms with van der Waals surface area (Å²) < 4.78 is 10.1. The molecule has 0 aliphatic heterocycles. The largest absolute Gasteiger partial charge is 0.493 e. The van der Waals surface area contributed by atoms with Gasteiger partial charge in [0.2, 0.25) is 0 Å². The van der Waals surface area contributed by atoms with Gasteiger partial charge in [0.25, 0.3) is 5.91 Å². The molecule has 0 heterocycles. The molecular weight excluding hydrogens is 262 g/mol. The quantitative estimate of drug-likeness (QED) is 0.832. The van der Waals surface area contributed by atoms with E-state index in [9.17, 15) is 14.7 Å². The summed E-state index contributed by atoms with van der Waals surface area (Å²) in [5, 5.41) is 11.9. The zero-order valence-corrected chi connectivity index (χ0v) is 12.0. The van der Waals surface area contributed by atoms with Crippen molar-refractivity contribution in [3.8, 4) is 11.5 Å². The number of ether oxygens (including phenoxy) is 2. The lowest BCUT2D eigenvalue weighted by atomic mass is 10.0. The monoisotopic (exact) mass is 281 g/mol. The predicted octanol–water partition coefficient (Wildman–Crippen LogP) is 1.93. The molecule has 0 spiro atoms. The summed E-state index contributed by atoms with van der Waals surface area (Å²) in [4.78, 5) is 23.4. The van der Waals surface area contributed by atoms with E-state index in [1.54, 1.807) is 0 Å². The van der Waals surface area contributed by atoms with Crippen LogP contribution in [0, 0.1) is 0 Å². The third kappa shape index (κ3) is 3.40. The zero-order valence-electron chi connectivity index (χ0n) is 12.0. The third-order valence-corrected chi connectivity index (χ3v) is 2.99. The van der Waals surface area contributed by atoms with Gasteiger partial charge in [0.1, 0.15) is 0 Å². The fourth-order valence-electron chi connectivity index (χ4n) is 1.65. The van der Waals surface area contributed by atoms with Crippen LogP contribution in [0.4, 0.5) is 0 Å². The van der Waals surface area contributed by atoms with Gasteiger partial charge < -0.3 is 19.9 Å². The van der Waals surface area contributed by atoms with Crippen LogP contribution in [-0.4, -0.2) is 37.2 Å². The standard InChI is InChI=1S/C14H19NO5/c1-5-8(2)15-13(16)9-6-11(19-3)12(20-4)7-10(9)14(17)18/h6-8H,5H2,1-4H3,(H,15,16)(H,17,18). The van der Waals surface area contributed by atoms with Crippen molar-refractivity contribution < 1.29 is 24.2 Å². The summed E-state index contributed by atoms with van der Waals surface area (Å²) in [7, 11) is 2.83. The second-order valence-electron chi connectivity index (χ2n) is 4.34. The summed E-state index contributed by atoms with van der Waals surface area (Å²) in [6.45, 7) is 3.77. The Labute approximate surface area is 117 Å². The number of carboxylic acid groups (broad SMARTS) is 1. The van der Waals surface area contributed by atoms with Gasteiger partial charge in [-0.05, 0) is 25.5 Å². The molecule has 2 N–H and O–H groups in total. The molecular formula is C14H19NO5. The second-order valence-corrected chi connectivity index (χ2v) is 4.34. The molecule has 0 aliphatic carbocycles. The van der Waals surface area contributed by atoms with Gasteiger partial charge in [-0.1, -0.05) is 6.92 Å². The van der Waals surface area contributed by atoms with Gasteiger partial charge >= 0.3 is 5.97 Å². The average Bonchev–Trinajstić information content (AvgIpc) is 2.45. The van der Waals surface area contributed by atoms with Crippen LogP contribution in [-0.2, 0) is 0 Å². The first kappa shape index (κ1) is 15.8. The van der Waals surface area contributed by atoms with E-state index in [1.807, 2.05) is 13.8 Å². The van der Waals surface area contributed by atoms with Crippen molar-refractivity contribution in [3.63, 3.8) is 0 Å². The Kier molecular flexibility index (Phi) is 5.37. The molecule has 0 aliphatic rings. The molecule has 110 valence electrons. The summed E-state index contributed by atoms with van der Waals surface area (Å²) in [5.41, 5.74) is -0.0705. The molecule has 0 bridgehead atoms. The summed E-state index contributed by atoms with van der Waals surface area (Å²) in [5.74, 6) is -1.06. The lowest BCUT2D eigenvalue weighted by Gasteiger charge is -2.15. The number of nitrogens with one attached hydrogen (secondary N) is 1. The number of benzene rings is 1. The molecule has 20 heavy (non-hydrogen) atoms. The zero-order chi connectivity index (χ0) is 15.3. The molecule has 1 rings (SSSR count). The fraction of sp³-hybridized carbons (Fsp3) is 0.429. The maximum absolute atomic E-state index is 12.1. The van der Waals surface area contributed by atoms with Gasteiger partial charge in [-0.3, -0.25) is 4.79 Å². The van der Waals surface area contributed by atoms with Gasteiger partial charge in [-0.2, -0.15) is 0 Å². The Bertz CT molecular complexity index is 513. The Morgan fingerprint density at radius 2 is 1.70 bits per heavy atom. The minimum atomic E-state index is -1.19. The Morgan fingerprint density at radius 1 is 1.20 bits per heavy atom. The molecule has 0 radical (unpaired) electrons. The number of amides is 1. The lowest BCUT2D eigenvalue weighted by molar-refractivity contribution is 0.0690. The SMILES string of the molecule is CCC(C)NC(=O)c1cc(OC)c(OC)cc1C(=O)O. The van der Waals surface area contributed by atoms with Crippen molar-refractivity contribution in [1.82, 2.24) is 5.32 Å². The number of carbonyl (C=O) groups is 2. The van der Waals surface area contributed by atoms with Crippen LogP contribution in [0.3, 0.4) is 0 Å². The predicted molar refractivity (Wildman–Crippen MR) is 73.7 cm³/mol. The molecule has 1 amide bonds. The van der Waals surface area contributed by atoms with Crippen molar-refractivity contribution in [2.75, 3.05) is 14.2 Å². The van der Waals surface area contributed by atoms with Crippen molar-refractivity contribution in [3.05, 3.63) is 23.3 Å². The van der Waals surface area contributed by atoms with Crippen LogP contribution < -0.4 is 14.8 Å². The van der Waals surface area contributed by atoms with Crippen LogP contribution in [0.2, 0.25) is 0 Å². The second kappa shape index (κ2) is 6.79. The van der Waals surface area contributed by atoms with Gasteiger partial charge in [0.15, 0.2) is 11.5 Å². The van der Waals surface area contributed by atoms with Crippen molar-refractivity contribution in [1.29, 1.82) is 0 Å². The number of carboxylic acids is 1. The number of carbonyl (C=O) groups excluding carboxylic acids is 1. The van der Waals surface area contributed by atoms with Crippen LogP contribution in [0.5, 0.6) is 11.5 Å². The van der Waals surface area contributed by atoms with Gasteiger partial charge in [0.05, 0.1) is 25.3 Å². The molecule has 1 atom stereocenters. The summed E-state index contributed by atoms with van der Waals surface area (Å²) >= 11 is 0. The Hall–Kier alpha value is -2.24. The van der Waals surface area contributed by atoms with Crippen LogP contribution in [0.1, 0.15) is 41.0 Å². The van der Waals surface area contributed by atoms with Gasteiger partial charge in [0, 0.05) is 6.04 Å². The molecule has 0 saturated heterocycles. The molecule has 6 heteroatoms. The van der Waals surface area contributed by atoms with Crippen molar-refractivity contribution >= 4 is 11.9 Å². The van der Waals surface area contributed by atoms with E-state index >= 15 is 0 Å². The highest BCUT2D eigenvalue weighted by Gasteiger charge is 2.21. The third-order valence-electron chi connectivity index (χ3n) is 2.99. The first-order chi connectivity index (χ1) is 9.44. The van der Waals surface area contributed by atoms with E-state index < -0.39 is 11.9 Å². The van der Waals surface area contributed by atoms with Crippen molar-refractivity contribution in [2.45, 2.75) is 26.3 Å². The maximum atomic E-state index is 12.1. The highest BCUT2D eigenvalue weighted by Crippen LogP contribution is 2.30. The molecule has 1 aromatic carbocycles. The van der Waals surface area contributed by atoms with Crippen molar-refractivity contribution in [2.24, 2.45) is 0 Å². The van der Waals surface area contributed by atoms with Crippen LogP contribution in [0.15, 0.2) is 12.1 Å². The molecule has 6 nitrogen and oxygen atoms in total. The van der Waals surface area contributed by atoms with E-state index in [0.29, 0.717) is 5.75 Å². The highest BCUT2D eigenvalue weighted by molar-refractivity contribution is 6.05. The molecule has 1 unspecified atom stereocenters. The topological polar surface area (TPSA) is 84.9 Å². The normalized spacial score (nSPS) is 11.6. The Balaban J connectivity index is 3.28. The minimum Gasteiger partial charge on any atom is -0.493 e. The minimum absolute atomic E-state index is 0.0442. The van der Waals surface area contributed by atoms with E-state index in [0.717, 1.165) is 6.42 Å². The number of methoxy groups -OCH3 is 2.